The average Bonchev–Trinajstić information content (AvgIpc) is 3.19. The molecule has 21 heavy (non-hydrogen) atoms. The molecule has 6 nitrogen and oxygen atoms in total. The fourth-order valence-electron chi connectivity index (χ4n) is 1.29. The molecule has 0 radical (unpaired) electrons. The van der Waals surface area contributed by atoms with E-state index in [4.69, 9.17) is 9.47 Å². The molecule has 1 heterocycles. The maximum Gasteiger partial charge on any atom is 0.516 e. The Balaban J connectivity index is 1.99. The maximum atomic E-state index is 12.1. The second-order valence-electron chi connectivity index (χ2n) is 4.17. The van der Waals surface area contributed by atoms with Gasteiger partial charge in [0.2, 0.25) is 0 Å². The van der Waals surface area contributed by atoms with E-state index in [0.29, 0.717) is 19.0 Å². The van der Waals surface area contributed by atoms with E-state index in [9.17, 15) is 26.4 Å². The van der Waals surface area contributed by atoms with Crippen molar-refractivity contribution < 1.29 is 35.9 Å². The van der Waals surface area contributed by atoms with Gasteiger partial charge >= 0.3 is 15.5 Å². The molecular formula is C11H10F3NO5S. The summed E-state index contributed by atoms with van der Waals surface area (Å²) in [5.41, 5.74) is -5.78. The highest BCUT2D eigenvalue weighted by Crippen LogP contribution is 2.22. The van der Waals surface area contributed by atoms with Gasteiger partial charge in [-0.3, -0.25) is 4.79 Å². The number of halogens is 3. The van der Waals surface area contributed by atoms with Crippen LogP contribution in [0.15, 0.2) is 24.3 Å². The van der Waals surface area contributed by atoms with Crippen molar-refractivity contribution in [3.63, 3.8) is 0 Å². The van der Waals surface area contributed by atoms with Crippen LogP contribution in [0, 0.1) is 0 Å². The zero-order valence-electron chi connectivity index (χ0n) is 10.4. The van der Waals surface area contributed by atoms with Crippen molar-refractivity contribution in [1.82, 2.24) is 4.72 Å². The lowest BCUT2D eigenvalue weighted by molar-refractivity contribution is -0.0446. The first-order chi connectivity index (χ1) is 9.69. The summed E-state index contributed by atoms with van der Waals surface area (Å²) in [6.07, 6.45) is 0.0323. The third-order valence-electron chi connectivity index (χ3n) is 2.49. The Bertz CT molecular complexity index is 622. The molecule has 1 aliphatic heterocycles. The van der Waals surface area contributed by atoms with Crippen LogP contribution in [0.4, 0.5) is 13.2 Å². The van der Waals surface area contributed by atoms with Gasteiger partial charge in [-0.25, -0.2) is 4.72 Å². The van der Waals surface area contributed by atoms with Gasteiger partial charge in [-0.1, -0.05) is 0 Å². The minimum Gasteiger partial charge on any atom is -0.491 e. The molecule has 1 fully saturated rings. The summed E-state index contributed by atoms with van der Waals surface area (Å²) in [5, 5.41) is 0. The minimum atomic E-state index is -5.72. The first-order valence-electron chi connectivity index (χ1n) is 5.67. The summed E-state index contributed by atoms with van der Waals surface area (Å²) in [6.45, 7) is 0.934. The van der Waals surface area contributed by atoms with Crippen LogP contribution in [-0.2, 0) is 14.8 Å². The van der Waals surface area contributed by atoms with Crippen LogP contribution in [0.25, 0.3) is 0 Å². The van der Waals surface area contributed by atoms with E-state index in [1.165, 1.54) is 12.1 Å². The number of ether oxygens (including phenoxy) is 2. The molecule has 0 spiro atoms. The minimum absolute atomic E-state index is 0.0323. The molecule has 0 saturated carbocycles. The summed E-state index contributed by atoms with van der Waals surface area (Å²) in [7, 11) is -5.72. The molecule has 0 aliphatic carbocycles. The van der Waals surface area contributed by atoms with Crippen molar-refractivity contribution in [2.75, 3.05) is 13.2 Å². The van der Waals surface area contributed by atoms with Crippen molar-refractivity contribution in [1.29, 1.82) is 0 Å². The van der Waals surface area contributed by atoms with Crippen molar-refractivity contribution in [2.45, 2.75) is 11.6 Å². The van der Waals surface area contributed by atoms with Crippen LogP contribution in [-0.4, -0.2) is 39.2 Å². The molecule has 1 N–H and O–H groups in total. The third kappa shape index (κ3) is 4.08. The SMILES string of the molecule is O=C(NS(=O)(=O)C(F)(F)F)c1ccc(OCC2CO2)cc1. The van der Waals surface area contributed by atoms with Crippen molar-refractivity contribution in [3.8, 4) is 5.75 Å². The molecule has 10 heteroatoms. The van der Waals surface area contributed by atoms with Gasteiger partial charge in [0.15, 0.2) is 0 Å². The zero-order chi connectivity index (χ0) is 15.7. The molecule has 0 bridgehead atoms. The van der Waals surface area contributed by atoms with Gasteiger partial charge in [-0.2, -0.15) is 21.6 Å². The van der Waals surface area contributed by atoms with Gasteiger partial charge in [0.05, 0.1) is 6.61 Å². The molecule has 0 aromatic heterocycles. The topological polar surface area (TPSA) is 85.0 Å². The summed E-state index contributed by atoms with van der Waals surface area (Å²) >= 11 is 0. The van der Waals surface area contributed by atoms with E-state index in [2.05, 4.69) is 0 Å². The maximum absolute atomic E-state index is 12.1. The fraction of sp³-hybridized carbons (Fsp3) is 0.364. The van der Waals surface area contributed by atoms with Crippen LogP contribution in [0.5, 0.6) is 5.75 Å². The predicted molar refractivity (Wildman–Crippen MR) is 64.1 cm³/mol. The lowest BCUT2D eigenvalue weighted by atomic mass is 10.2. The van der Waals surface area contributed by atoms with E-state index in [-0.39, 0.29) is 11.7 Å². The van der Waals surface area contributed by atoms with Gasteiger partial charge in [0.1, 0.15) is 18.5 Å². The number of amides is 1. The Labute approximate surface area is 117 Å². The second-order valence-corrected chi connectivity index (χ2v) is 5.84. The Morgan fingerprint density at radius 3 is 2.38 bits per heavy atom. The predicted octanol–water partition coefficient (Wildman–Crippen LogP) is 1.04. The number of carbonyl (C=O) groups is 1. The van der Waals surface area contributed by atoms with Gasteiger partial charge < -0.3 is 9.47 Å². The van der Waals surface area contributed by atoms with Crippen molar-refractivity contribution >= 4 is 15.9 Å². The largest absolute Gasteiger partial charge is 0.516 e. The number of epoxide rings is 1. The van der Waals surface area contributed by atoms with Crippen molar-refractivity contribution in [2.24, 2.45) is 0 Å². The van der Waals surface area contributed by atoms with Crippen molar-refractivity contribution in [3.05, 3.63) is 29.8 Å². The Hall–Kier alpha value is -1.81. The molecule has 1 saturated heterocycles. The van der Waals surface area contributed by atoms with E-state index < -0.39 is 21.4 Å². The van der Waals surface area contributed by atoms with E-state index in [0.717, 1.165) is 16.9 Å². The molecule has 1 amide bonds. The van der Waals surface area contributed by atoms with Gasteiger partial charge in [0.25, 0.3) is 5.91 Å². The Morgan fingerprint density at radius 2 is 1.90 bits per heavy atom. The molecule has 1 unspecified atom stereocenters. The molecule has 1 aromatic rings. The zero-order valence-corrected chi connectivity index (χ0v) is 11.2. The lowest BCUT2D eigenvalue weighted by Crippen LogP contribution is -2.40. The summed E-state index contributed by atoms with van der Waals surface area (Å²) in [6, 6.07) is 5.00. The molecule has 1 aromatic carbocycles. The first-order valence-corrected chi connectivity index (χ1v) is 7.15. The number of rotatable bonds is 5. The van der Waals surface area contributed by atoms with Crippen LogP contribution in [0.3, 0.4) is 0 Å². The molecule has 116 valence electrons. The lowest BCUT2D eigenvalue weighted by Gasteiger charge is -2.10. The monoisotopic (exact) mass is 325 g/mol. The number of nitrogens with one attached hydrogen (secondary N) is 1. The molecule has 2 rings (SSSR count). The summed E-state index contributed by atoms with van der Waals surface area (Å²) in [5.74, 6) is -0.981. The third-order valence-corrected chi connectivity index (χ3v) is 3.55. The van der Waals surface area contributed by atoms with Crippen LogP contribution in [0.1, 0.15) is 10.4 Å². The van der Waals surface area contributed by atoms with Crippen LogP contribution in [0.2, 0.25) is 0 Å². The number of sulfonamides is 1. The quantitative estimate of drug-likeness (QED) is 0.818. The number of hydrogen-bond acceptors (Lipinski definition) is 5. The van der Waals surface area contributed by atoms with Crippen LogP contribution >= 0.6 is 0 Å². The molecular weight excluding hydrogens is 315 g/mol. The van der Waals surface area contributed by atoms with E-state index >= 15 is 0 Å². The summed E-state index contributed by atoms with van der Waals surface area (Å²) < 4.78 is 69.1. The van der Waals surface area contributed by atoms with Gasteiger partial charge in [-0.05, 0) is 24.3 Å². The first kappa shape index (κ1) is 15.6. The number of hydrogen-bond donors (Lipinski definition) is 1. The highest BCUT2D eigenvalue weighted by Gasteiger charge is 2.47. The fourth-order valence-corrected chi connectivity index (χ4v) is 1.77. The normalized spacial score (nSPS) is 18.1. The standard InChI is InChI=1S/C11H10F3NO5S/c12-11(13,14)21(17,18)15-10(16)7-1-3-8(4-2-7)19-5-9-6-20-9/h1-4,9H,5-6H2,(H,15,16). The number of carbonyl (C=O) groups excluding carboxylic acids is 1. The number of alkyl halides is 3. The Morgan fingerprint density at radius 1 is 1.33 bits per heavy atom. The highest BCUT2D eigenvalue weighted by atomic mass is 32.2. The molecule has 1 atom stereocenters. The summed E-state index contributed by atoms with van der Waals surface area (Å²) in [4.78, 5) is 11.4. The van der Waals surface area contributed by atoms with E-state index in [1.807, 2.05) is 0 Å². The van der Waals surface area contributed by atoms with Gasteiger partial charge in [0, 0.05) is 5.56 Å². The molecule has 1 aliphatic rings. The highest BCUT2D eigenvalue weighted by molar-refractivity contribution is 7.90. The second kappa shape index (κ2) is 5.53. The number of benzene rings is 1. The van der Waals surface area contributed by atoms with Crippen LogP contribution < -0.4 is 9.46 Å². The Kier molecular flexibility index (Phi) is 4.10. The smallest absolute Gasteiger partial charge is 0.491 e. The van der Waals surface area contributed by atoms with Gasteiger partial charge in [-0.15, -0.1) is 0 Å². The van der Waals surface area contributed by atoms with E-state index in [1.54, 1.807) is 0 Å². The average molecular weight is 325 g/mol.